The molecular weight excluding hydrogens is 266 g/mol. The molecule has 0 saturated heterocycles. The highest BCUT2D eigenvalue weighted by atomic mass is 19.1. The van der Waals surface area contributed by atoms with E-state index in [0.717, 1.165) is 25.0 Å². The summed E-state index contributed by atoms with van der Waals surface area (Å²) in [7, 11) is 1.99. The Morgan fingerprint density at radius 2 is 2.00 bits per heavy atom. The van der Waals surface area contributed by atoms with Crippen molar-refractivity contribution >= 4 is 11.7 Å². The van der Waals surface area contributed by atoms with Crippen LogP contribution in [0.3, 0.4) is 0 Å². The molecule has 1 unspecified atom stereocenters. The molecule has 1 aliphatic rings. The van der Waals surface area contributed by atoms with E-state index in [2.05, 4.69) is 10.2 Å². The lowest BCUT2D eigenvalue weighted by molar-refractivity contribution is 0.0696. The fourth-order valence-corrected chi connectivity index (χ4v) is 2.10. The Bertz CT molecular complexity index is 495. The fraction of sp³-hybridized carbons (Fsp3) is 0.500. The summed E-state index contributed by atoms with van der Waals surface area (Å²) in [6.45, 7) is 2.38. The Morgan fingerprint density at radius 3 is 2.45 bits per heavy atom. The van der Waals surface area contributed by atoms with Gasteiger partial charge in [-0.05, 0) is 38.9 Å². The average molecular weight is 284 g/mol. The molecule has 0 radical (unpaired) electrons. The van der Waals surface area contributed by atoms with E-state index in [0.29, 0.717) is 12.6 Å². The number of halogens is 2. The van der Waals surface area contributed by atoms with Crippen molar-refractivity contribution in [3.8, 4) is 0 Å². The molecule has 1 aromatic carbocycles. The first kappa shape index (κ1) is 14.7. The number of rotatable bonds is 6. The molecule has 0 amide bonds. The van der Waals surface area contributed by atoms with Crippen LogP contribution in [0, 0.1) is 11.6 Å². The van der Waals surface area contributed by atoms with Crippen LogP contribution in [0.5, 0.6) is 0 Å². The number of nitrogens with one attached hydrogen (secondary N) is 1. The van der Waals surface area contributed by atoms with Crippen molar-refractivity contribution < 1.29 is 18.7 Å². The van der Waals surface area contributed by atoms with Gasteiger partial charge in [-0.25, -0.2) is 13.6 Å². The topological polar surface area (TPSA) is 52.6 Å². The predicted molar refractivity (Wildman–Crippen MR) is 72.1 cm³/mol. The van der Waals surface area contributed by atoms with Gasteiger partial charge >= 0.3 is 5.97 Å². The van der Waals surface area contributed by atoms with Crippen molar-refractivity contribution in [2.24, 2.45) is 0 Å². The lowest BCUT2D eigenvalue weighted by Crippen LogP contribution is -2.36. The minimum atomic E-state index is -1.35. The number of likely N-dealkylation sites (N-methyl/N-ethyl adjacent to an activating group) is 1. The van der Waals surface area contributed by atoms with Gasteiger partial charge in [-0.3, -0.25) is 4.90 Å². The summed E-state index contributed by atoms with van der Waals surface area (Å²) in [4.78, 5) is 12.9. The van der Waals surface area contributed by atoms with E-state index in [4.69, 9.17) is 5.11 Å². The van der Waals surface area contributed by atoms with Crippen LogP contribution >= 0.6 is 0 Å². The van der Waals surface area contributed by atoms with Gasteiger partial charge in [0, 0.05) is 18.6 Å². The first-order chi connectivity index (χ1) is 9.40. The third kappa shape index (κ3) is 3.25. The van der Waals surface area contributed by atoms with Gasteiger partial charge in [-0.15, -0.1) is 0 Å². The maximum absolute atomic E-state index is 13.7. The van der Waals surface area contributed by atoms with Gasteiger partial charge in [-0.1, -0.05) is 0 Å². The molecular formula is C14H18F2N2O2. The van der Waals surface area contributed by atoms with Crippen LogP contribution in [0.15, 0.2) is 12.1 Å². The first-order valence-electron chi connectivity index (χ1n) is 6.58. The average Bonchev–Trinajstić information content (AvgIpc) is 3.20. The summed E-state index contributed by atoms with van der Waals surface area (Å²) in [5.74, 6) is -3.12. The molecule has 1 aliphatic carbocycles. The van der Waals surface area contributed by atoms with Gasteiger partial charge in [0.2, 0.25) is 0 Å². The van der Waals surface area contributed by atoms with Crippen molar-refractivity contribution in [1.29, 1.82) is 0 Å². The summed E-state index contributed by atoms with van der Waals surface area (Å²) >= 11 is 0. The maximum Gasteiger partial charge on any atom is 0.335 e. The van der Waals surface area contributed by atoms with Gasteiger partial charge in [0.25, 0.3) is 0 Å². The highest BCUT2D eigenvalue weighted by molar-refractivity contribution is 5.88. The second-order valence-corrected chi connectivity index (χ2v) is 5.25. The quantitative estimate of drug-likeness (QED) is 0.843. The normalized spacial score (nSPS) is 16.2. The van der Waals surface area contributed by atoms with E-state index in [1.165, 1.54) is 0 Å². The molecule has 1 saturated carbocycles. The molecule has 1 aromatic rings. The van der Waals surface area contributed by atoms with Gasteiger partial charge in [0.15, 0.2) is 0 Å². The molecule has 2 rings (SSSR count). The molecule has 0 heterocycles. The Balaban J connectivity index is 2.03. The minimum absolute atomic E-state index is 0.139. The van der Waals surface area contributed by atoms with Crippen LogP contribution in [-0.4, -0.2) is 41.7 Å². The smallest absolute Gasteiger partial charge is 0.335 e. The number of carboxylic acid groups (broad SMARTS) is 1. The van der Waals surface area contributed by atoms with Crippen molar-refractivity contribution in [3.05, 3.63) is 29.3 Å². The Labute approximate surface area is 116 Å². The van der Waals surface area contributed by atoms with Crippen molar-refractivity contribution in [2.75, 3.05) is 18.9 Å². The van der Waals surface area contributed by atoms with E-state index in [-0.39, 0.29) is 11.7 Å². The molecule has 1 atom stereocenters. The van der Waals surface area contributed by atoms with Crippen molar-refractivity contribution in [3.63, 3.8) is 0 Å². The number of hydrogen-bond donors (Lipinski definition) is 2. The first-order valence-corrected chi connectivity index (χ1v) is 6.58. The molecule has 110 valence electrons. The molecule has 6 heteroatoms. The van der Waals surface area contributed by atoms with Crippen LogP contribution in [0.25, 0.3) is 0 Å². The number of benzene rings is 1. The number of aromatic carboxylic acids is 1. The summed E-state index contributed by atoms with van der Waals surface area (Å²) in [6, 6.07) is 2.35. The molecule has 20 heavy (non-hydrogen) atoms. The minimum Gasteiger partial charge on any atom is -0.478 e. The van der Waals surface area contributed by atoms with Gasteiger partial charge in [0.05, 0.1) is 5.56 Å². The third-order valence-electron chi connectivity index (χ3n) is 3.68. The molecule has 4 nitrogen and oxygen atoms in total. The molecule has 0 spiro atoms. The van der Waals surface area contributed by atoms with E-state index in [9.17, 15) is 13.6 Å². The van der Waals surface area contributed by atoms with Crippen LogP contribution in [0.4, 0.5) is 14.5 Å². The zero-order chi connectivity index (χ0) is 14.9. The van der Waals surface area contributed by atoms with E-state index < -0.39 is 23.2 Å². The van der Waals surface area contributed by atoms with Crippen LogP contribution in [0.2, 0.25) is 0 Å². The molecule has 1 fully saturated rings. The van der Waals surface area contributed by atoms with Gasteiger partial charge in [-0.2, -0.15) is 0 Å². The lowest BCUT2D eigenvalue weighted by Gasteiger charge is -2.25. The molecule has 0 aliphatic heterocycles. The van der Waals surface area contributed by atoms with Crippen molar-refractivity contribution in [1.82, 2.24) is 4.90 Å². The summed E-state index contributed by atoms with van der Waals surface area (Å²) in [6.07, 6.45) is 2.33. The molecule has 0 bridgehead atoms. The Hall–Kier alpha value is -1.69. The number of carbonyl (C=O) groups is 1. The summed E-state index contributed by atoms with van der Waals surface area (Å²) in [5.41, 5.74) is -0.667. The number of nitrogens with zero attached hydrogens (tertiary/aromatic N) is 1. The summed E-state index contributed by atoms with van der Waals surface area (Å²) < 4.78 is 27.4. The highest BCUT2D eigenvalue weighted by Crippen LogP contribution is 2.27. The standard InChI is InChI=1S/C14H18F2N2O2/c1-8(18(2)10-3-4-10)7-17-13-11(15)5-9(14(19)20)6-12(13)16/h5-6,8,10,17H,3-4,7H2,1-2H3,(H,19,20). The number of hydrogen-bond acceptors (Lipinski definition) is 3. The lowest BCUT2D eigenvalue weighted by atomic mass is 10.1. The molecule has 0 aromatic heterocycles. The zero-order valence-electron chi connectivity index (χ0n) is 11.5. The second-order valence-electron chi connectivity index (χ2n) is 5.25. The predicted octanol–water partition coefficient (Wildman–Crippen LogP) is 2.56. The Kier molecular flexibility index (Phi) is 4.23. The number of anilines is 1. The summed E-state index contributed by atoms with van der Waals surface area (Å²) in [5, 5.41) is 11.4. The van der Waals surface area contributed by atoms with Gasteiger partial charge in [0.1, 0.15) is 17.3 Å². The fourth-order valence-electron chi connectivity index (χ4n) is 2.10. The van der Waals surface area contributed by atoms with Crippen LogP contribution in [0.1, 0.15) is 30.1 Å². The maximum atomic E-state index is 13.7. The van der Waals surface area contributed by atoms with Gasteiger partial charge < -0.3 is 10.4 Å². The largest absolute Gasteiger partial charge is 0.478 e. The Morgan fingerprint density at radius 1 is 1.45 bits per heavy atom. The van der Waals surface area contributed by atoms with Crippen molar-refractivity contribution in [2.45, 2.75) is 31.8 Å². The third-order valence-corrected chi connectivity index (χ3v) is 3.68. The van der Waals surface area contributed by atoms with E-state index >= 15 is 0 Å². The van der Waals surface area contributed by atoms with E-state index in [1.807, 2.05) is 14.0 Å². The zero-order valence-corrected chi connectivity index (χ0v) is 11.5. The molecule has 2 N–H and O–H groups in total. The monoisotopic (exact) mass is 284 g/mol. The highest BCUT2D eigenvalue weighted by Gasteiger charge is 2.29. The van der Waals surface area contributed by atoms with Crippen LogP contribution in [-0.2, 0) is 0 Å². The number of carboxylic acids is 1. The SMILES string of the molecule is CC(CNc1c(F)cc(C(=O)O)cc1F)N(C)C1CC1. The van der Waals surface area contributed by atoms with E-state index in [1.54, 1.807) is 0 Å². The van der Waals surface area contributed by atoms with Crippen LogP contribution < -0.4 is 5.32 Å². The second kappa shape index (κ2) is 5.75.